The van der Waals surface area contributed by atoms with Crippen LogP contribution in [0.3, 0.4) is 0 Å². The van der Waals surface area contributed by atoms with Gasteiger partial charge in [-0.2, -0.15) is 5.26 Å². The number of nitriles is 1. The molecule has 3 nitrogen and oxygen atoms in total. The molecule has 0 saturated carbocycles. The fourth-order valence-corrected chi connectivity index (χ4v) is 2.14. The summed E-state index contributed by atoms with van der Waals surface area (Å²) in [7, 11) is 0. The van der Waals surface area contributed by atoms with E-state index in [-0.39, 0.29) is 0 Å². The second-order valence-electron chi connectivity index (χ2n) is 4.04. The van der Waals surface area contributed by atoms with Crippen molar-refractivity contribution in [2.75, 3.05) is 31.2 Å². The summed E-state index contributed by atoms with van der Waals surface area (Å²) in [6, 6.07) is 8.15. The molecule has 1 aromatic rings. The van der Waals surface area contributed by atoms with E-state index in [9.17, 15) is 0 Å². The first-order chi connectivity index (χ1) is 7.83. The summed E-state index contributed by atoms with van der Waals surface area (Å²) in [5.74, 6) is 0. The molecular weight excluding hydrogens is 200 g/mol. The van der Waals surface area contributed by atoms with E-state index >= 15 is 0 Å². The summed E-state index contributed by atoms with van der Waals surface area (Å²) in [6.07, 6.45) is 1.03. The summed E-state index contributed by atoms with van der Waals surface area (Å²) >= 11 is 0. The lowest BCUT2D eigenvalue weighted by molar-refractivity contribution is 0.152. The number of ether oxygens (including phenoxy) is 1. The predicted octanol–water partition coefficient (Wildman–Crippen LogP) is 2.09. The number of hydrogen-bond donors (Lipinski definition) is 0. The van der Waals surface area contributed by atoms with Gasteiger partial charge in [0.15, 0.2) is 0 Å². The molecule has 1 saturated heterocycles. The highest BCUT2D eigenvalue weighted by Gasteiger charge is 2.15. The normalized spacial score (nSPS) is 16.6. The molecule has 1 aromatic carbocycles. The van der Waals surface area contributed by atoms with Crippen molar-refractivity contribution < 1.29 is 4.74 Å². The van der Waals surface area contributed by atoms with Gasteiger partial charge < -0.3 is 9.64 Å². The van der Waals surface area contributed by atoms with Gasteiger partial charge in [-0.1, -0.05) is 12.1 Å². The Hall–Kier alpha value is -1.53. The van der Waals surface area contributed by atoms with Crippen LogP contribution in [0.25, 0.3) is 0 Å². The number of rotatable bonds is 1. The van der Waals surface area contributed by atoms with Gasteiger partial charge in [0.2, 0.25) is 0 Å². The highest BCUT2D eigenvalue weighted by atomic mass is 16.5. The molecule has 0 amide bonds. The topological polar surface area (TPSA) is 36.3 Å². The van der Waals surface area contributed by atoms with Crippen LogP contribution in [0.5, 0.6) is 0 Å². The minimum absolute atomic E-state index is 0.749. The van der Waals surface area contributed by atoms with Crippen LogP contribution in [0, 0.1) is 18.3 Å². The Morgan fingerprint density at radius 1 is 1.31 bits per heavy atom. The first-order valence-corrected chi connectivity index (χ1v) is 5.65. The number of benzene rings is 1. The molecule has 1 fully saturated rings. The molecule has 1 aliphatic rings. The van der Waals surface area contributed by atoms with Crippen LogP contribution in [0.4, 0.5) is 5.69 Å². The van der Waals surface area contributed by atoms with Crippen LogP contribution in [0.1, 0.15) is 17.5 Å². The first-order valence-electron chi connectivity index (χ1n) is 5.65. The average Bonchev–Trinajstić information content (AvgIpc) is 2.57. The van der Waals surface area contributed by atoms with E-state index in [0.29, 0.717) is 0 Å². The lowest BCUT2D eigenvalue weighted by Crippen LogP contribution is -2.27. The molecule has 1 heterocycles. The number of aryl methyl sites for hydroxylation is 1. The van der Waals surface area contributed by atoms with E-state index in [1.807, 2.05) is 12.1 Å². The molecule has 1 aliphatic heterocycles. The van der Waals surface area contributed by atoms with Gasteiger partial charge in [-0.05, 0) is 25.0 Å². The van der Waals surface area contributed by atoms with Crippen molar-refractivity contribution in [1.82, 2.24) is 0 Å². The fraction of sp³-hybridized carbons (Fsp3) is 0.462. The number of nitrogens with zero attached hydrogens (tertiary/aromatic N) is 2. The largest absolute Gasteiger partial charge is 0.380 e. The van der Waals surface area contributed by atoms with E-state index in [1.165, 1.54) is 5.56 Å². The molecule has 3 heteroatoms. The number of hydrogen-bond acceptors (Lipinski definition) is 3. The van der Waals surface area contributed by atoms with Crippen LogP contribution in [0.2, 0.25) is 0 Å². The zero-order valence-electron chi connectivity index (χ0n) is 9.57. The zero-order valence-corrected chi connectivity index (χ0v) is 9.57. The van der Waals surface area contributed by atoms with Gasteiger partial charge in [-0.15, -0.1) is 0 Å². The van der Waals surface area contributed by atoms with Crippen molar-refractivity contribution in [2.24, 2.45) is 0 Å². The molecule has 0 bridgehead atoms. The number of para-hydroxylation sites is 1. The quantitative estimate of drug-likeness (QED) is 0.721. The smallest absolute Gasteiger partial charge is 0.101 e. The molecule has 0 aliphatic carbocycles. The molecule has 16 heavy (non-hydrogen) atoms. The monoisotopic (exact) mass is 216 g/mol. The first kappa shape index (κ1) is 11.0. The summed E-state index contributed by atoms with van der Waals surface area (Å²) in [4.78, 5) is 2.26. The van der Waals surface area contributed by atoms with Gasteiger partial charge in [0, 0.05) is 19.7 Å². The zero-order chi connectivity index (χ0) is 11.4. The third-order valence-corrected chi connectivity index (χ3v) is 2.90. The maximum Gasteiger partial charge on any atom is 0.101 e. The number of anilines is 1. The van der Waals surface area contributed by atoms with E-state index in [4.69, 9.17) is 10.00 Å². The highest BCUT2D eigenvalue weighted by Crippen LogP contribution is 2.25. The van der Waals surface area contributed by atoms with Gasteiger partial charge in [0.05, 0.1) is 17.9 Å². The minimum atomic E-state index is 0.749. The third-order valence-electron chi connectivity index (χ3n) is 2.90. The lowest BCUT2D eigenvalue weighted by atomic mass is 10.1. The average molecular weight is 216 g/mol. The van der Waals surface area contributed by atoms with E-state index in [1.54, 1.807) is 0 Å². The summed E-state index contributed by atoms with van der Waals surface area (Å²) < 4.78 is 5.43. The maximum absolute atomic E-state index is 9.14. The Morgan fingerprint density at radius 3 is 3.00 bits per heavy atom. The second kappa shape index (κ2) is 5.00. The maximum atomic E-state index is 9.14. The fourth-order valence-electron chi connectivity index (χ4n) is 2.14. The Balaban J connectivity index is 2.34. The Labute approximate surface area is 96.2 Å². The molecule has 0 unspecified atom stereocenters. The van der Waals surface area contributed by atoms with Crippen LogP contribution in [0.15, 0.2) is 18.2 Å². The molecule has 0 aromatic heterocycles. The Kier molecular flexibility index (Phi) is 3.43. The van der Waals surface area contributed by atoms with Gasteiger partial charge in [-0.3, -0.25) is 0 Å². The van der Waals surface area contributed by atoms with E-state index in [2.05, 4.69) is 24.0 Å². The molecule has 0 N–H and O–H groups in total. The van der Waals surface area contributed by atoms with Crippen LogP contribution < -0.4 is 4.90 Å². The van der Waals surface area contributed by atoms with Gasteiger partial charge in [0.1, 0.15) is 6.07 Å². The van der Waals surface area contributed by atoms with Crippen molar-refractivity contribution in [3.05, 3.63) is 29.3 Å². The van der Waals surface area contributed by atoms with Gasteiger partial charge in [0.25, 0.3) is 0 Å². The third kappa shape index (κ3) is 2.17. The molecular formula is C13H16N2O. The van der Waals surface area contributed by atoms with Crippen molar-refractivity contribution in [3.8, 4) is 6.07 Å². The summed E-state index contributed by atoms with van der Waals surface area (Å²) in [5, 5.41) is 9.14. The van der Waals surface area contributed by atoms with Gasteiger partial charge in [-0.25, -0.2) is 0 Å². The predicted molar refractivity (Wildman–Crippen MR) is 63.5 cm³/mol. The summed E-state index contributed by atoms with van der Waals surface area (Å²) in [6.45, 7) is 5.48. The lowest BCUT2D eigenvalue weighted by Gasteiger charge is -2.24. The van der Waals surface area contributed by atoms with Crippen LogP contribution in [-0.4, -0.2) is 26.3 Å². The Bertz CT molecular complexity index is 401. The molecule has 0 radical (unpaired) electrons. The molecule has 0 spiro atoms. The van der Waals surface area contributed by atoms with Crippen molar-refractivity contribution >= 4 is 5.69 Å². The van der Waals surface area contributed by atoms with Gasteiger partial charge >= 0.3 is 0 Å². The van der Waals surface area contributed by atoms with Crippen molar-refractivity contribution in [3.63, 3.8) is 0 Å². The molecule has 84 valence electrons. The highest BCUT2D eigenvalue weighted by molar-refractivity contribution is 5.64. The molecule has 2 rings (SSSR count). The minimum Gasteiger partial charge on any atom is -0.380 e. The summed E-state index contributed by atoms with van der Waals surface area (Å²) in [5.41, 5.74) is 3.01. The Morgan fingerprint density at radius 2 is 2.19 bits per heavy atom. The standard InChI is InChI=1S/C13H16N2O/c1-11-4-2-5-12(10-14)13(11)15-6-3-8-16-9-7-15/h2,4-5H,3,6-9H2,1H3. The van der Waals surface area contributed by atoms with Crippen LogP contribution in [-0.2, 0) is 4.74 Å². The van der Waals surface area contributed by atoms with Crippen molar-refractivity contribution in [2.45, 2.75) is 13.3 Å². The van der Waals surface area contributed by atoms with E-state index < -0.39 is 0 Å². The second-order valence-corrected chi connectivity index (χ2v) is 4.04. The molecule has 0 atom stereocenters. The SMILES string of the molecule is Cc1cccc(C#N)c1N1CCCOCC1. The van der Waals surface area contributed by atoms with Crippen molar-refractivity contribution in [1.29, 1.82) is 5.26 Å². The van der Waals surface area contributed by atoms with Crippen LogP contribution >= 0.6 is 0 Å². The van der Waals surface area contributed by atoms with E-state index in [0.717, 1.165) is 44.0 Å².